The van der Waals surface area contributed by atoms with Crippen LogP contribution < -0.4 is 60.1 Å². The van der Waals surface area contributed by atoms with Gasteiger partial charge in [-0.15, -0.1) is 27.7 Å². The molecule has 2 aromatic heterocycles. The molecular weight excluding hydrogens is 734 g/mol. The summed E-state index contributed by atoms with van der Waals surface area (Å²) in [6.07, 6.45) is 0. The highest BCUT2D eigenvalue weighted by atomic mass is 32.1. The number of rotatable bonds is 6. The second kappa shape index (κ2) is 15.5. The second-order valence-corrected chi connectivity index (χ2v) is 17.7. The monoisotopic (exact) mass is 775 g/mol. The van der Waals surface area contributed by atoms with Crippen LogP contribution in [0.3, 0.4) is 0 Å². The first kappa shape index (κ1) is 39.9. The van der Waals surface area contributed by atoms with Gasteiger partial charge in [-0.25, -0.2) is 15.0 Å². The summed E-state index contributed by atoms with van der Waals surface area (Å²) in [5, 5.41) is 2.67. The second-order valence-electron chi connectivity index (χ2n) is 16.7. The van der Waals surface area contributed by atoms with Crippen molar-refractivity contribution in [3.05, 3.63) is 109 Å². The van der Waals surface area contributed by atoms with Gasteiger partial charge in [0.05, 0.1) is 0 Å². The number of hydrogen-bond acceptors (Lipinski definition) is 4. The Bertz CT molecular complexity index is 3060. The summed E-state index contributed by atoms with van der Waals surface area (Å²) in [7, 11) is 25.3. The smallest absolute Gasteiger partial charge is 0.164 e. The number of aromatic nitrogens is 3. The maximum absolute atomic E-state index is 5.38. The summed E-state index contributed by atoms with van der Waals surface area (Å²) in [6.45, 7) is 0. The van der Waals surface area contributed by atoms with Gasteiger partial charge < -0.3 is 0 Å². The van der Waals surface area contributed by atoms with Crippen molar-refractivity contribution in [3.63, 3.8) is 0 Å². The minimum Gasteiger partial charge on any atom is -0.208 e. The fourth-order valence-corrected chi connectivity index (χ4v) is 10.9. The van der Waals surface area contributed by atoms with E-state index in [2.05, 4.69) is 196 Å². The molecule has 274 valence electrons. The van der Waals surface area contributed by atoms with Crippen LogP contribution in [0.5, 0.6) is 0 Å². The maximum Gasteiger partial charge on any atom is 0.164 e. The Morgan fingerprint density at radius 2 is 0.600 bits per heavy atom. The molecular formula is C45H40B11N3S. The Labute approximate surface area is 367 Å². The van der Waals surface area contributed by atoms with Crippen LogP contribution in [0.15, 0.2) is 109 Å². The van der Waals surface area contributed by atoms with Crippen LogP contribution >= 0.6 is 11.3 Å². The zero-order chi connectivity index (χ0) is 42.1. The summed E-state index contributed by atoms with van der Waals surface area (Å²) in [6, 6.07) is 38.2. The van der Waals surface area contributed by atoms with Crippen molar-refractivity contribution in [1.82, 2.24) is 15.0 Å². The molecule has 0 spiro atoms. The number of fused-ring (bicyclic) bond motifs is 3. The number of thiophene rings is 1. The zero-order valence-corrected chi connectivity index (χ0v) is 37.5. The molecule has 0 fully saturated rings. The molecule has 60 heavy (non-hydrogen) atoms. The largest absolute Gasteiger partial charge is 0.208 e. The SMILES string of the molecule is Bc1c(B)c(B)c(-c2c(B)c(B)c3sc4c(-c5nc(-c6ccc(-c7ccccc7)cc6)nc(-c6ccc(-c7ccccc7)cc6)n5)c(B)c(B)c(B)c4c3c2B)c(B)c1B. The number of hydrogen-bond donors (Lipinski definition) is 0. The molecule has 0 aliphatic carbocycles. The summed E-state index contributed by atoms with van der Waals surface area (Å²) in [5.41, 5.74) is 25.2. The van der Waals surface area contributed by atoms with Gasteiger partial charge in [0.25, 0.3) is 0 Å². The third kappa shape index (κ3) is 6.48. The van der Waals surface area contributed by atoms with Gasteiger partial charge in [-0.05, 0) is 44.2 Å². The number of benzene rings is 7. The van der Waals surface area contributed by atoms with E-state index in [-0.39, 0.29) is 0 Å². The van der Waals surface area contributed by atoms with E-state index >= 15 is 0 Å². The first-order chi connectivity index (χ1) is 28.8. The third-order valence-electron chi connectivity index (χ3n) is 13.6. The van der Waals surface area contributed by atoms with Gasteiger partial charge in [0.15, 0.2) is 17.5 Å². The molecule has 0 aliphatic heterocycles. The van der Waals surface area contributed by atoms with Gasteiger partial charge >= 0.3 is 0 Å². The van der Waals surface area contributed by atoms with Crippen molar-refractivity contribution >= 4 is 178 Å². The standard InChI is InChI=1S/C45H40B11N3S/c46-30-25(26-31(47)37(53)39(55)38(54)32(26)48)33(49)40(56)42-27(30)28-34(50)36(52)35(51)29(41(28)60-42)45-58-43(23-15-11-21(12-16-23)19-7-3-1-4-8-19)57-44(59-45)24-17-13-22(14-18-24)20-9-5-2-6-10-20/h1-18H,46-56H2. The average molecular weight is 774 g/mol. The van der Waals surface area contributed by atoms with Crippen LogP contribution in [-0.2, 0) is 0 Å². The van der Waals surface area contributed by atoms with E-state index in [4.69, 9.17) is 15.0 Å². The van der Waals surface area contributed by atoms with Crippen molar-refractivity contribution in [1.29, 1.82) is 0 Å². The predicted octanol–water partition coefficient (Wildman–Crippen LogP) is -6.92. The van der Waals surface area contributed by atoms with E-state index in [1.165, 1.54) is 103 Å². The molecule has 0 amide bonds. The lowest BCUT2D eigenvalue weighted by Crippen LogP contribution is -2.56. The topological polar surface area (TPSA) is 38.7 Å². The minimum atomic E-state index is 0.662. The Hall–Kier alpha value is -5.52. The van der Waals surface area contributed by atoms with Gasteiger partial charge in [-0.1, -0.05) is 153 Å². The van der Waals surface area contributed by atoms with E-state index < -0.39 is 0 Å². The Morgan fingerprint density at radius 1 is 0.267 bits per heavy atom. The van der Waals surface area contributed by atoms with Crippen LogP contribution in [0.1, 0.15) is 0 Å². The molecule has 0 radical (unpaired) electrons. The normalized spacial score (nSPS) is 11.4. The molecule has 9 aromatic rings. The highest BCUT2D eigenvalue weighted by Gasteiger charge is 2.26. The molecule has 0 saturated heterocycles. The summed E-state index contributed by atoms with van der Waals surface area (Å²) < 4.78 is 2.58. The fourth-order valence-electron chi connectivity index (χ4n) is 9.33. The Balaban J connectivity index is 1.30. The quantitative estimate of drug-likeness (QED) is 0.158. The van der Waals surface area contributed by atoms with Crippen LogP contribution in [0.25, 0.3) is 87.7 Å². The van der Waals surface area contributed by atoms with Crippen molar-refractivity contribution in [3.8, 4) is 67.5 Å². The first-order valence-electron chi connectivity index (χ1n) is 21.0. The summed E-state index contributed by atoms with van der Waals surface area (Å²) >= 11 is 1.90. The van der Waals surface area contributed by atoms with Gasteiger partial charge in [0, 0.05) is 26.1 Å². The summed E-state index contributed by atoms with van der Waals surface area (Å²) in [4.78, 5) is 16.0. The predicted molar refractivity (Wildman–Crippen MR) is 295 cm³/mol. The lowest BCUT2D eigenvalue weighted by Gasteiger charge is -2.25. The van der Waals surface area contributed by atoms with Crippen molar-refractivity contribution in [2.75, 3.05) is 0 Å². The van der Waals surface area contributed by atoms with Crippen LogP contribution in [0, 0.1) is 0 Å². The minimum absolute atomic E-state index is 0.662. The maximum atomic E-state index is 5.38. The van der Waals surface area contributed by atoms with Gasteiger partial charge in [-0.2, -0.15) is 0 Å². The van der Waals surface area contributed by atoms with Crippen LogP contribution in [0.4, 0.5) is 0 Å². The molecule has 0 unspecified atom stereocenters. The molecule has 15 heteroatoms. The van der Waals surface area contributed by atoms with Gasteiger partial charge in [0.1, 0.15) is 86.3 Å². The van der Waals surface area contributed by atoms with E-state index in [0.29, 0.717) is 17.5 Å². The van der Waals surface area contributed by atoms with Gasteiger partial charge in [-0.3, -0.25) is 0 Å². The van der Waals surface area contributed by atoms with E-state index in [1.54, 1.807) is 0 Å². The van der Waals surface area contributed by atoms with E-state index in [1.807, 2.05) is 11.3 Å². The highest BCUT2D eigenvalue weighted by Crippen LogP contribution is 2.37. The number of nitrogens with zero attached hydrogens (tertiary/aromatic N) is 3. The molecule has 0 bridgehead atoms. The lowest BCUT2D eigenvalue weighted by atomic mass is 9.57. The third-order valence-corrected chi connectivity index (χ3v) is 15.0. The Morgan fingerprint density at radius 3 is 1.08 bits per heavy atom. The molecule has 9 rings (SSSR count). The van der Waals surface area contributed by atoms with Crippen molar-refractivity contribution in [2.24, 2.45) is 0 Å². The molecule has 0 atom stereocenters. The van der Waals surface area contributed by atoms with E-state index in [9.17, 15) is 0 Å². The molecule has 0 aliphatic rings. The molecule has 0 N–H and O–H groups in total. The van der Waals surface area contributed by atoms with Crippen LogP contribution in [0.2, 0.25) is 0 Å². The average Bonchev–Trinajstić information content (AvgIpc) is 3.69. The molecule has 2 heterocycles. The van der Waals surface area contributed by atoms with Crippen LogP contribution in [-0.4, -0.2) is 101 Å². The first-order valence-corrected chi connectivity index (χ1v) is 21.8. The molecule has 3 nitrogen and oxygen atoms in total. The molecule has 7 aromatic carbocycles. The van der Waals surface area contributed by atoms with E-state index in [0.717, 1.165) is 27.8 Å². The van der Waals surface area contributed by atoms with Crippen molar-refractivity contribution in [2.45, 2.75) is 0 Å². The zero-order valence-electron chi connectivity index (χ0n) is 36.6. The highest BCUT2D eigenvalue weighted by molar-refractivity contribution is 7.28. The lowest BCUT2D eigenvalue weighted by molar-refractivity contribution is 1.08. The fraction of sp³-hybridized carbons (Fsp3) is 0. The Kier molecular flexibility index (Phi) is 10.3. The molecule has 0 saturated carbocycles. The van der Waals surface area contributed by atoms with Crippen molar-refractivity contribution < 1.29 is 0 Å². The van der Waals surface area contributed by atoms with Gasteiger partial charge in [0.2, 0.25) is 0 Å². The summed E-state index contributed by atoms with van der Waals surface area (Å²) in [5.74, 6) is 2.03.